The molecule has 0 saturated carbocycles. The van der Waals surface area contributed by atoms with Crippen molar-refractivity contribution in [1.29, 1.82) is 0 Å². The van der Waals surface area contributed by atoms with Gasteiger partial charge in [0, 0.05) is 31.0 Å². The smallest absolute Gasteiger partial charge is 0.282 e. The predicted molar refractivity (Wildman–Crippen MR) is 80.8 cm³/mol. The zero-order chi connectivity index (χ0) is 14.3. The average Bonchev–Trinajstić information content (AvgIpc) is 2.39. The Morgan fingerprint density at radius 1 is 1.37 bits per heavy atom. The minimum Gasteiger partial charge on any atom is -0.379 e. The molecule has 1 aliphatic rings. The van der Waals surface area contributed by atoms with E-state index in [9.17, 15) is 8.42 Å². The maximum absolute atomic E-state index is 12.6. The summed E-state index contributed by atoms with van der Waals surface area (Å²) < 4.78 is 33.7. The van der Waals surface area contributed by atoms with Crippen molar-refractivity contribution >= 4 is 26.1 Å². The molecule has 0 amide bonds. The molecular weight excluding hydrogens is 332 g/mol. The first-order valence-electron chi connectivity index (χ1n) is 6.94. The van der Waals surface area contributed by atoms with E-state index in [0.717, 1.165) is 24.6 Å². The number of piperidine rings is 1. The van der Waals surface area contributed by atoms with Crippen molar-refractivity contribution in [2.75, 3.05) is 38.2 Å². The zero-order valence-corrected chi connectivity index (χ0v) is 14.2. The number of hydrogen-bond donors (Lipinski definition) is 0. The van der Waals surface area contributed by atoms with Gasteiger partial charge in [-0.2, -0.15) is 17.0 Å². The van der Waals surface area contributed by atoms with Crippen LogP contribution in [0.2, 0.25) is 0 Å². The Morgan fingerprint density at radius 2 is 2.11 bits per heavy atom. The van der Waals surface area contributed by atoms with Crippen LogP contribution in [0.3, 0.4) is 0 Å². The number of likely N-dealkylation sites (N-methyl/N-ethyl adjacent to an activating group) is 1. The third-order valence-electron chi connectivity index (χ3n) is 3.42. The lowest BCUT2D eigenvalue weighted by Gasteiger charge is -2.36. The number of halogens is 1. The molecule has 0 aromatic heterocycles. The lowest BCUT2D eigenvalue weighted by atomic mass is 10.1. The predicted octanol–water partition coefficient (Wildman–Crippen LogP) is 1.84. The SMILES string of the molecule is CCN(CCOCCBr)S(=O)(=O)N1CCCCC1C. The Hall–Kier alpha value is 0.310. The molecule has 0 aromatic carbocycles. The highest BCUT2D eigenvalue weighted by molar-refractivity contribution is 9.09. The third kappa shape index (κ3) is 4.97. The van der Waals surface area contributed by atoms with Crippen molar-refractivity contribution in [2.24, 2.45) is 0 Å². The van der Waals surface area contributed by atoms with Gasteiger partial charge < -0.3 is 4.74 Å². The second kappa shape index (κ2) is 8.56. The van der Waals surface area contributed by atoms with Crippen LogP contribution in [0.5, 0.6) is 0 Å². The van der Waals surface area contributed by atoms with E-state index in [2.05, 4.69) is 15.9 Å². The highest BCUT2D eigenvalue weighted by Crippen LogP contribution is 2.22. The fraction of sp³-hybridized carbons (Fsp3) is 1.00. The summed E-state index contributed by atoms with van der Waals surface area (Å²) in [5.74, 6) is 0. The van der Waals surface area contributed by atoms with E-state index in [1.807, 2.05) is 13.8 Å². The molecule has 0 bridgehead atoms. The van der Waals surface area contributed by atoms with Crippen LogP contribution in [0.15, 0.2) is 0 Å². The van der Waals surface area contributed by atoms with E-state index in [-0.39, 0.29) is 6.04 Å². The number of nitrogens with zero attached hydrogens (tertiary/aromatic N) is 2. The minimum absolute atomic E-state index is 0.108. The molecule has 5 nitrogen and oxygen atoms in total. The van der Waals surface area contributed by atoms with E-state index in [1.165, 1.54) is 4.31 Å². The molecule has 1 rings (SSSR count). The van der Waals surface area contributed by atoms with Crippen LogP contribution in [-0.4, -0.2) is 61.2 Å². The molecule has 1 aliphatic heterocycles. The van der Waals surface area contributed by atoms with Crippen molar-refractivity contribution in [3.05, 3.63) is 0 Å². The normalized spacial score (nSPS) is 22.0. The molecule has 19 heavy (non-hydrogen) atoms. The summed E-state index contributed by atoms with van der Waals surface area (Å²) in [7, 11) is -3.34. The van der Waals surface area contributed by atoms with Crippen LogP contribution >= 0.6 is 15.9 Å². The van der Waals surface area contributed by atoms with Gasteiger partial charge in [0.2, 0.25) is 0 Å². The number of rotatable bonds is 8. The maximum atomic E-state index is 12.6. The highest BCUT2D eigenvalue weighted by Gasteiger charge is 2.33. The van der Waals surface area contributed by atoms with Gasteiger partial charge in [-0.1, -0.05) is 29.3 Å². The first kappa shape index (κ1) is 17.4. The van der Waals surface area contributed by atoms with Crippen LogP contribution in [0.4, 0.5) is 0 Å². The van der Waals surface area contributed by atoms with Gasteiger partial charge >= 0.3 is 0 Å². The van der Waals surface area contributed by atoms with Gasteiger partial charge in [-0.25, -0.2) is 0 Å². The molecule has 1 saturated heterocycles. The molecule has 1 heterocycles. The zero-order valence-electron chi connectivity index (χ0n) is 11.8. The Balaban J connectivity index is 2.61. The lowest BCUT2D eigenvalue weighted by molar-refractivity contribution is 0.134. The monoisotopic (exact) mass is 356 g/mol. The topological polar surface area (TPSA) is 49.9 Å². The average molecular weight is 357 g/mol. The molecule has 7 heteroatoms. The van der Waals surface area contributed by atoms with Gasteiger partial charge in [-0.15, -0.1) is 0 Å². The Labute approximate surface area is 125 Å². The Morgan fingerprint density at radius 3 is 2.68 bits per heavy atom. The molecule has 0 aromatic rings. The molecule has 1 atom stereocenters. The quantitative estimate of drug-likeness (QED) is 0.492. The first-order valence-corrected chi connectivity index (χ1v) is 9.46. The van der Waals surface area contributed by atoms with Crippen LogP contribution in [0, 0.1) is 0 Å². The summed E-state index contributed by atoms with van der Waals surface area (Å²) in [6.45, 7) is 6.47. The molecular formula is C12H25BrN2O3S. The molecule has 1 fully saturated rings. The second-order valence-electron chi connectivity index (χ2n) is 4.76. The number of hydrogen-bond acceptors (Lipinski definition) is 3. The van der Waals surface area contributed by atoms with Crippen molar-refractivity contribution in [2.45, 2.75) is 39.2 Å². The highest BCUT2D eigenvalue weighted by atomic mass is 79.9. The van der Waals surface area contributed by atoms with Gasteiger partial charge in [0.1, 0.15) is 0 Å². The fourth-order valence-corrected chi connectivity index (χ4v) is 4.40. The Kier molecular flexibility index (Phi) is 7.83. The molecule has 0 N–H and O–H groups in total. The molecule has 0 radical (unpaired) electrons. The van der Waals surface area contributed by atoms with Gasteiger partial charge in [0.25, 0.3) is 10.2 Å². The van der Waals surface area contributed by atoms with Crippen molar-refractivity contribution < 1.29 is 13.2 Å². The van der Waals surface area contributed by atoms with Crippen LogP contribution in [0.25, 0.3) is 0 Å². The number of ether oxygens (including phenoxy) is 1. The summed E-state index contributed by atoms with van der Waals surface area (Å²) in [5.41, 5.74) is 0. The molecule has 0 spiro atoms. The number of alkyl halides is 1. The van der Waals surface area contributed by atoms with E-state index in [1.54, 1.807) is 4.31 Å². The molecule has 1 unspecified atom stereocenters. The minimum atomic E-state index is -3.34. The Bertz CT molecular complexity index is 351. The van der Waals surface area contributed by atoms with E-state index >= 15 is 0 Å². The van der Waals surface area contributed by atoms with Crippen molar-refractivity contribution in [3.8, 4) is 0 Å². The summed E-state index contributed by atoms with van der Waals surface area (Å²) in [6.07, 6.45) is 3.03. The standard InChI is InChI=1S/C12H25BrN2O3S/c1-3-14(9-11-18-10-7-13)19(16,17)15-8-5-4-6-12(15)2/h12H,3-11H2,1-2H3. The largest absolute Gasteiger partial charge is 0.379 e. The third-order valence-corrected chi connectivity index (χ3v) is 5.98. The fourth-order valence-electron chi connectivity index (χ4n) is 2.32. The molecule has 114 valence electrons. The maximum Gasteiger partial charge on any atom is 0.282 e. The second-order valence-corrected chi connectivity index (χ2v) is 7.43. The van der Waals surface area contributed by atoms with Gasteiger partial charge in [-0.3, -0.25) is 0 Å². The van der Waals surface area contributed by atoms with Gasteiger partial charge in [0.05, 0.1) is 13.2 Å². The summed E-state index contributed by atoms with van der Waals surface area (Å²) in [5, 5.41) is 0.773. The van der Waals surface area contributed by atoms with Crippen LogP contribution < -0.4 is 0 Å². The van der Waals surface area contributed by atoms with Crippen molar-refractivity contribution in [3.63, 3.8) is 0 Å². The summed E-state index contributed by atoms with van der Waals surface area (Å²) in [4.78, 5) is 0. The van der Waals surface area contributed by atoms with Crippen LogP contribution in [-0.2, 0) is 14.9 Å². The van der Waals surface area contributed by atoms with Crippen molar-refractivity contribution in [1.82, 2.24) is 8.61 Å². The summed E-state index contributed by atoms with van der Waals surface area (Å²) >= 11 is 3.28. The van der Waals surface area contributed by atoms with E-state index in [0.29, 0.717) is 32.8 Å². The lowest BCUT2D eigenvalue weighted by Crippen LogP contribution is -2.50. The van der Waals surface area contributed by atoms with Gasteiger partial charge in [-0.05, 0) is 19.8 Å². The first-order chi connectivity index (χ1) is 9.04. The van der Waals surface area contributed by atoms with Crippen LogP contribution in [0.1, 0.15) is 33.1 Å². The van der Waals surface area contributed by atoms with Gasteiger partial charge in [0.15, 0.2) is 0 Å². The molecule has 0 aliphatic carbocycles. The van der Waals surface area contributed by atoms with E-state index < -0.39 is 10.2 Å². The van der Waals surface area contributed by atoms with E-state index in [4.69, 9.17) is 4.74 Å². The summed E-state index contributed by atoms with van der Waals surface area (Å²) in [6, 6.07) is 0.108.